The van der Waals surface area contributed by atoms with Crippen molar-refractivity contribution >= 4 is 34.7 Å². The number of fused-ring (bicyclic) bond motifs is 1. The summed E-state index contributed by atoms with van der Waals surface area (Å²) in [4.78, 5) is 18.7. The zero-order valence-electron chi connectivity index (χ0n) is 13.7. The van der Waals surface area contributed by atoms with Crippen LogP contribution in [0.2, 0.25) is 5.02 Å². The molecule has 1 amide bonds. The first-order chi connectivity index (χ1) is 12.6. The average molecular weight is 368 g/mol. The van der Waals surface area contributed by atoms with Crippen molar-refractivity contribution in [3.8, 4) is 0 Å². The predicted octanol–water partition coefficient (Wildman–Crippen LogP) is 4.82. The number of carbonyl (C=O) groups is 1. The van der Waals surface area contributed by atoms with Crippen LogP contribution in [0.25, 0.3) is 0 Å². The number of para-hydroxylation sites is 1. The van der Waals surface area contributed by atoms with Gasteiger partial charge < -0.3 is 10.2 Å². The fourth-order valence-corrected chi connectivity index (χ4v) is 3.37. The van der Waals surface area contributed by atoms with Gasteiger partial charge >= 0.3 is 0 Å². The van der Waals surface area contributed by atoms with Crippen LogP contribution >= 0.6 is 11.6 Å². The fourth-order valence-electron chi connectivity index (χ4n) is 3.12. The molecule has 0 atom stereocenters. The van der Waals surface area contributed by atoms with Gasteiger partial charge in [-0.3, -0.25) is 4.79 Å². The Labute approximate surface area is 155 Å². The molecule has 1 aliphatic heterocycles. The molecule has 3 aromatic rings. The van der Waals surface area contributed by atoms with E-state index < -0.39 is 11.7 Å². The Morgan fingerprint density at radius 1 is 1.12 bits per heavy atom. The van der Waals surface area contributed by atoms with Gasteiger partial charge in [0.2, 0.25) is 0 Å². The Bertz CT molecular complexity index is 955. The third-order valence-electron chi connectivity index (χ3n) is 4.38. The molecule has 130 valence electrons. The number of nitrogens with one attached hydrogen (secondary N) is 1. The monoisotopic (exact) mass is 367 g/mol. The van der Waals surface area contributed by atoms with Crippen LogP contribution in [0.4, 0.5) is 21.6 Å². The van der Waals surface area contributed by atoms with Gasteiger partial charge in [0.05, 0.1) is 22.5 Å². The summed E-state index contributed by atoms with van der Waals surface area (Å²) in [6, 6.07) is 16.0. The van der Waals surface area contributed by atoms with Gasteiger partial charge in [0.25, 0.3) is 5.91 Å². The summed E-state index contributed by atoms with van der Waals surface area (Å²) in [6.07, 6.45) is 2.68. The molecule has 0 radical (unpaired) electrons. The van der Waals surface area contributed by atoms with Crippen LogP contribution in [0.1, 0.15) is 15.9 Å². The summed E-state index contributed by atoms with van der Waals surface area (Å²) >= 11 is 5.92. The summed E-state index contributed by atoms with van der Waals surface area (Å²) in [5.74, 6) is -0.953. The third kappa shape index (κ3) is 3.02. The highest BCUT2D eigenvalue weighted by molar-refractivity contribution is 6.34. The molecule has 6 heteroatoms. The van der Waals surface area contributed by atoms with E-state index in [4.69, 9.17) is 11.6 Å². The Morgan fingerprint density at radius 2 is 1.96 bits per heavy atom. The number of rotatable bonds is 3. The average Bonchev–Trinajstić information content (AvgIpc) is 3.06. The molecule has 1 N–H and O–H groups in total. The van der Waals surface area contributed by atoms with Crippen molar-refractivity contribution < 1.29 is 9.18 Å². The number of pyridine rings is 1. The number of carbonyl (C=O) groups excluding carboxylic acids is 1. The first kappa shape index (κ1) is 16.5. The predicted molar refractivity (Wildman–Crippen MR) is 101 cm³/mol. The molecule has 0 spiro atoms. The highest BCUT2D eigenvalue weighted by atomic mass is 35.5. The van der Waals surface area contributed by atoms with E-state index in [1.807, 2.05) is 18.2 Å². The number of nitrogens with zero attached hydrogens (tertiary/aromatic N) is 2. The normalized spacial score (nSPS) is 12.8. The molecule has 4 nitrogen and oxygen atoms in total. The maximum absolute atomic E-state index is 13.8. The molecule has 1 aromatic heterocycles. The molecule has 1 aliphatic rings. The highest BCUT2D eigenvalue weighted by Gasteiger charge is 2.20. The van der Waals surface area contributed by atoms with Crippen LogP contribution in [0, 0.1) is 5.82 Å². The maximum atomic E-state index is 13.8. The lowest BCUT2D eigenvalue weighted by Gasteiger charge is -2.19. The fraction of sp³-hybridized carbons (Fsp3) is 0.100. The van der Waals surface area contributed by atoms with E-state index in [1.54, 1.807) is 12.3 Å². The number of halogens is 2. The van der Waals surface area contributed by atoms with E-state index in [9.17, 15) is 9.18 Å². The molecule has 4 rings (SSSR count). The molecule has 0 bridgehead atoms. The number of amides is 1. The minimum Gasteiger partial charge on any atom is -0.340 e. The first-order valence-corrected chi connectivity index (χ1v) is 8.58. The minimum atomic E-state index is -0.666. The lowest BCUT2D eigenvalue weighted by molar-refractivity contribution is 0.102. The van der Waals surface area contributed by atoms with Gasteiger partial charge in [-0.25, -0.2) is 9.37 Å². The van der Waals surface area contributed by atoms with Gasteiger partial charge in [0.15, 0.2) is 0 Å². The molecule has 0 saturated carbocycles. The third-order valence-corrected chi connectivity index (χ3v) is 4.69. The topological polar surface area (TPSA) is 45.2 Å². The number of hydrogen-bond donors (Lipinski definition) is 1. The number of anilines is 3. The number of benzene rings is 2. The van der Waals surface area contributed by atoms with Crippen LogP contribution < -0.4 is 10.2 Å². The van der Waals surface area contributed by atoms with Gasteiger partial charge in [0, 0.05) is 12.2 Å². The van der Waals surface area contributed by atoms with Crippen molar-refractivity contribution in [2.45, 2.75) is 6.42 Å². The molecular weight excluding hydrogens is 353 g/mol. The van der Waals surface area contributed by atoms with Crippen LogP contribution in [0.15, 0.2) is 60.8 Å². The molecule has 0 unspecified atom stereocenters. The van der Waals surface area contributed by atoms with E-state index in [0.29, 0.717) is 5.82 Å². The molecule has 2 heterocycles. The van der Waals surface area contributed by atoms with Crippen molar-refractivity contribution in [1.29, 1.82) is 0 Å². The van der Waals surface area contributed by atoms with Crippen molar-refractivity contribution in [1.82, 2.24) is 4.98 Å². The van der Waals surface area contributed by atoms with E-state index >= 15 is 0 Å². The quantitative estimate of drug-likeness (QED) is 0.721. The first-order valence-electron chi connectivity index (χ1n) is 8.20. The Kier molecular flexibility index (Phi) is 4.31. The van der Waals surface area contributed by atoms with Crippen LogP contribution in [0.5, 0.6) is 0 Å². The summed E-state index contributed by atoms with van der Waals surface area (Å²) in [5.41, 5.74) is 3.23. The van der Waals surface area contributed by atoms with Gasteiger partial charge in [-0.15, -0.1) is 0 Å². The summed E-state index contributed by atoms with van der Waals surface area (Å²) in [6.45, 7) is 0.886. The lowest BCUT2D eigenvalue weighted by atomic mass is 10.2. The Morgan fingerprint density at radius 3 is 2.73 bits per heavy atom. The molecule has 2 aromatic carbocycles. The molecule has 0 aliphatic carbocycles. The standard InChI is InChI=1S/C20H15ClFN3O/c21-15-5-3-6-16(22)19(15)20(26)24-18-9-8-14(12-23-18)25-11-10-13-4-1-2-7-17(13)25/h1-9,12H,10-11H2,(H,23,24,26). The zero-order chi connectivity index (χ0) is 18.1. The van der Waals surface area contributed by atoms with Gasteiger partial charge in [0.1, 0.15) is 11.6 Å². The Hall–Kier alpha value is -2.92. The lowest BCUT2D eigenvalue weighted by Crippen LogP contribution is -2.16. The number of hydrogen-bond acceptors (Lipinski definition) is 3. The van der Waals surface area contributed by atoms with Gasteiger partial charge in [-0.05, 0) is 42.3 Å². The SMILES string of the molecule is O=C(Nc1ccc(N2CCc3ccccc32)cn1)c1c(F)cccc1Cl. The second-order valence-electron chi connectivity index (χ2n) is 5.98. The van der Waals surface area contributed by atoms with E-state index in [1.165, 1.54) is 29.4 Å². The summed E-state index contributed by atoms with van der Waals surface area (Å²) in [5, 5.41) is 2.65. The van der Waals surface area contributed by atoms with Crippen molar-refractivity contribution in [3.63, 3.8) is 0 Å². The second-order valence-corrected chi connectivity index (χ2v) is 6.39. The van der Waals surface area contributed by atoms with E-state index in [0.717, 1.165) is 18.7 Å². The summed E-state index contributed by atoms with van der Waals surface area (Å²) in [7, 11) is 0. The number of aromatic nitrogens is 1. The minimum absolute atomic E-state index is 0.0628. The van der Waals surface area contributed by atoms with Crippen LogP contribution in [0.3, 0.4) is 0 Å². The van der Waals surface area contributed by atoms with Gasteiger partial charge in [-0.1, -0.05) is 35.9 Å². The summed E-state index contributed by atoms with van der Waals surface area (Å²) < 4.78 is 13.8. The molecule has 0 saturated heterocycles. The van der Waals surface area contributed by atoms with Gasteiger partial charge in [-0.2, -0.15) is 0 Å². The maximum Gasteiger partial charge on any atom is 0.261 e. The smallest absolute Gasteiger partial charge is 0.261 e. The van der Waals surface area contributed by atoms with E-state index in [-0.39, 0.29) is 10.6 Å². The Balaban J connectivity index is 1.53. The molecule has 0 fully saturated rings. The highest BCUT2D eigenvalue weighted by Crippen LogP contribution is 2.34. The molecular formula is C20H15ClFN3O. The zero-order valence-corrected chi connectivity index (χ0v) is 14.5. The second kappa shape index (κ2) is 6.77. The van der Waals surface area contributed by atoms with Crippen LogP contribution in [-0.2, 0) is 6.42 Å². The van der Waals surface area contributed by atoms with Crippen LogP contribution in [-0.4, -0.2) is 17.4 Å². The van der Waals surface area contributed by atoms with Crippen molar-refractivity contribution in [3.05, 3.63) is 82.8 Å². The largest absolute Gasteiger partial charge is 0.340 e. The molecule has 26 heavy (non-hydrogen) atoms. The van der Waals surface area contributed by atoms with Crippen molar-refractivity contribution in [2.24, 2.45) is 0 Å². The van der Waals surface area contributed by atoms with Crippen molar-refractivity contribution in [2.75, 3.05) is 16.8 Å². The van der Waals surface area contributed by atoms with E-state index in [2.05, 4.69) is 27.3 Å².